The third-order valence-corrected chi connectivity index (χ3v) is 4.14. The Balaban J connectivity index is 2.35. The minimum absolute atomic E-state index is 0.00894. The van der Waals surface area contributed by atoms with Crippen LogP contribution in [0.5, 0.6) is 5.75 Å². The smallest absolute Gasteiger partial charge is 0.342 e. The number of hydrogen-bond acceptors (Lipinski definition) is 4. The summed E-state index contributed by atoms with van der Waals surface area (Å²) >= 11 is 0. The predicted octanol–water partition coefficient (Wildman–Crippen LogP) is 3.11. The second-order valence-corrected chi connectivity index (χ2v) is 5.56. The first-order chi connectivity index (χ1) is 11.6. The van der Waals surface area contributed by atoms with Crippen molar-refractivity contribution in [1.29, 1.82) is 0 Å². The van der Waals surface area contributed by atoms with Gasteiger partial charge in [0.25, 0.3) is 5.56 Å². The van der Waals surface area contributed by atoms with Gasteiger partial charge >= 0.3 is 5.63 Å². The van der Waals surface area contributed by atoms with Crippen LogP contribution in [0.15, 0.2) is 68.6 Å². The third-order valence-electron chi connectivity index (χ3n) is 4.14. The summed E-state index contributed by atoms with van der Waals surface area (Å²) < 4.78 is 6.84. The SMILES string of the molecule is Cc1c(O)c2c(=O)n(-c3ccccc3)c3ccccc3c2oc1=O. The standard InChI is InChI=1S/C19H13NO4/c1-11-16(21)15-17(24-19(11)23)13-9-5-6-10-14(13)20(18(15)22)12-7-3-2-4-8-12/h2-10,21H,1H3. The Morgan fingerprint density at radius 3 is 2.38 bits per heavy atom. The van der Waals surface area contributed by atoms with Gasteiger partial charge in [-0.1, -0.05) is 30.3 Å². The molecular weight excluding hydrogens is 306 g/mol. The predicted molar refractivity (Wildman–Crippen MR) is 92.0 cm³/mol. The lowest BCUT2D eigenvalue weighted by molar-refractivity contribution is 0.461. The fraction of sp³-hybridized carbons (Fsp3) is 0.0526. The summed E-state index contributed by atoms with van der Waals surface area (Å²) in [4.78, 5) is 25.0. The molecule has 24 heavy (non-hydrogen) atoms. The number of pyridine rings is 1. The van der Waals surface area contributed by atoms with Gasteiger partial charge < -0.3 is 9.52 Å². The molecule has 5 heteroatoms. The van der Waals surface area contributed by atoms with Gasteiger partial charge in [0.05, 0.1) is 11.1 Å². The summed E-state index contributed by atoms with van der Waals surface area (Å²) in [6, 6.07) is 16.3. The van der Waals surface area contributed by atoms with Crippen LogP contribution in [0.2, 0.25) is 0 Å². The van der Waals surface area contributed by atoms with Crippen molar-refractivity contribution >= 4 is 21.9 Å². The van der Waals surface area contributed by atoms with E-state index in [2.05, 4.69) is 0 Å². The van der Waals surface area contributed by atoms with Crippen molar-refractivity contribution in [3.8, 4) is 11.4 Å². The van der Waals surface area contributed by atoms with Gasteiger partial charge in [-0.2, -0.15) is 0 Å². The van der Waals surface area contributed by atoms with Gasteiger partial charge in [-0.3, -0.25) is 9.36 Å². The average molecular weight is 319 g/mol. The lowest BCUT2D eigenvalue weighted by Gasteiger charge is -2.13. The van der Waals surface area contributed by atoms with Gasteiger partial charge in [0.2, 0.25) is 0 Å². The van der Waals surface area contributed by atoms with Crippen LogP contribution in [-0.4, -0.2) is 9.67 Å². The van der Waals surface area contributed by atoms with Crippen molar-refractivity contribution in [2.45, 2.75) is 6.92 Å². The Labute approximate surface area is 136 Å². The van der Waals surface area contributed by atoms with E-state index in [9.17, 15) is 14.7 Å². The summed E-state index contributed by atoms with van der Waals surface area (Å²) in [5.74, 6) is -0.332. The molecule has 0 spiro atoms. The van der Waals surface area contributed by atoms with E-state index in [1.807, 2.05) is 30.3 Å². The van der Waals surface area contributed by atoms with Crippen LogP contribution < -0.4 is 11.2 Å². The second-order valence-electron chi connectivity index (χ2n) is 5.56. The summed E-state index contributed by atoms with van der Waals surface area (Å²) in [5.41, 5.74) is 0.322. The fourth-order valence-electron chi connectivity index (χ4n) is 2.92. The highest BCUT2D eigenvalue weighted by atomic mass is 16.4. The number of aromatic hydroxyl groups is 1. The Bertz CT molecular complexity index is 1200. The van der Waals surface area contributed by atoms with Crippen LogP contribution in [0, 0.1) is 6.92 Å². The first-order valence-electron chi connectivity index (χ1n) is 7.45. The molecule has 0 amide bonds. The van der Waals surface area contributed by atoms with E-state index >= 15 is 0 Å². The summed E-state index contributed by atoms with van der Waals surface area (Å²) in [6.07, 6.45) is 0. The second kappa shape index (κ2) is 5.09. The van der Waals surface area contributed by atoms with E-state index < -0.39 is 11.2 Å². The molecule has 4 aromatic rings. The van der Waals surface area contributed by atoms with Crippen LogP contribution in [-0.2, 0) is 0 Å². The molecule has 2 aromatic heterocycles. The molecule has 0 aliphatic carbocycles. The van der Waals surface area contributed by atoms with Crippen LogP contribution in [0.25, 0.3) is 27.6 Å². The minimum Gasteiger partial charge on any atom is -0.506 e. The van der Waals surface area contributed by atoms with Crippen molar-refractivity contribution in [3.05, 3.63) is 80.9 Å². The van der Waals surface area contributed by atoms with Crippen LogP contribution in [0.1, 0.15) is 5.56 Å². The Morgan fingerprint density at radius 1 is 0.958 bits per heavy atom. The van der Waals surface area contributed by atoms with Crippen LogP contribution >= 0.6 is 0 Å². The van der Waals surface area contributed by atoms with Gasteiger partial charge in [-0.15, -0.1) is 0 Å². The van der Waals surface area contributed by atoms with Crippen LogP contribution in [0.4, 0.5) is 0 Å². The molecule has 5 nitrogen and oxygen atoms in total. The van der Waals surface area contributed by atoms with Gasteiger partial charge in [-0.05, 0) is 31.2 Å². The van der Waals surface area contributed by atoms with Crippen molar-refractivity contribution in [2.75, 3.05) is 0 Å². The molecule has 2 heterocycles. The molecule has 118 valence electrons. The lowest BCUT2D eigenvalue weighted by Crippen LogP contribution is -2.20. The first kappa shape index (κ1) is 14.3. The quantitative estimate of drug-likeness (QED) is 0.547. The highest BCUT2D eigenvalue weighted by Gasteiger charge is 2.19. The van der Waals surface area contributed by atoms with E-state index in [1.54, 1.807) is 24.3 Å². The van der Waals surface area contributed by atoms with Gasteiger partial charge in [0, 0.05) is 11.1 Å². The minimum atomic E-state index is -0.651. The molecule has 1 N–H and O–H groups in total. The molecule has 0 aliphatic rings. The molecule has 0 saturated carbocycles. The van der Waals surface area contributed by atoms with E-state index in [4.69, 9.17) is 4.42 Å². The molecule has 0 aliphatic heterocycles. The van der Waals surface area contributed by atoms with E-state index in [0.29, 0.717) is 16.6 Å². The number of benzene rings is 2. The van der Waals surface area contributed by atoms with Crippen molar-refractivity contribution < 1.29 is 9.52 Å². The molecule has 2 aromatic carbocycles. The Morgan fingerprint density at radius 2 is 1.62 bits per heavy atom. The zero-order valence-corrected chi connectivity index (χ0v) is 12.8. The molecular formula is C19H13NO4. The zero-order chi connectivity index (χ0) is 16.8. The molecule has 0 bridgehead atoms. The van der Waals surface area contributed by atoms with Gasteiger partial charge in [0.15, 0.2) is 5.58 Å². The number of para-hydroxylation sites is 2. The molecule has 4 rings (SSSR count). The zero-order valence-electron chi connectivity index (χ0n) is 12.8. The lowest BCUT2D eigenvalue weighted by atomic mass is 10.1. The van der Waals surface area contributed by atoms with E-state index in [0.717, 1.165) is 0 Å². The highest BCUT2D eigenvalue weighted by Crippen LogP contribution is 2.29. The van der Waals surface area contributed by atoms with Gasteiger partial charge in [0.1, 0.15) is 11.1 Å². The largest absolute Gasteiger partial charge is 0.506 e. The molecule has 0 saturated heterocycles. The van der Waals surface area contributed by atoms with Crippen molar-refractivity contribution in [1.82, 2.24) is 4.57 Å². The molecule has 0 fully saturated rings. The van der Waals surface area contributed by atoms with E-state index in [-0.39, 0.29) is 22.3 Å². The fourth-order valence-corrected chi connectivity index (χ4v) is 2.92. The molecule has 0 atom stereocenters. The maximum absolute atomic E-state index is 13.1. The highest BCUT2D eigenvalue weighted by molar-refractivity contribution is 6.04. The Hall–Kier alpha value is -3.34. The monoisotopic (exact) mass is 319 g/mol. The number of nitrogens with zero attached hydrogens (tertiary/aromatic N) is 1. The summed E-state index contributed by atoms with van der Waals surface area (Å²) in [5, 5.41) is 11.0. The topological polar surface area (TPSA) is 72.4 Å². The number of aromatic nitrogens is 1. The van der Waals surface area contributed by atoms with Crippen molar-refractivity contribution in [3.63, 3.8) is 0 Å². The number of fused-ring (bicyclic) bond motifs is 3. The normalized spacial score (nSPS) is 11.2. The maximum Gasteiger partial charge on any atom is 0.342 e. The van der Waals surface area contributed by atoms with Crippen LogP contribution in [0.3, 0.4) is 0 Å². The summed E-state index contributed by atoms with van der Waals surface area (Å²) in [6.45, 7) is 1.43. The third kappa shape index (κ3) is 1.88. The molecule has 0 radical (unpaired) electrons. The number of rotatable bonds is 1. The van der Waals surface area contributed by atoms with Gasteiger partial charge in [-0.25, -0.2) is 4.79 Å². The summed E-state index contributed by atoms with van der Waals surface area (Å²) in [7, 11) is 0. The Kier molecular flexibility index (Phi) is 3.03. The number of hydrogen-bond donors (Lipinski definition) is 1. The van der Waals surface area contributed by atoms with Crippen molar-refractivity contribution in [2.24, 2.45) is 0 Å². The average Bonchev–Trinajstić information content (AvgIpc) is 2.60. The van der Waals surface area contributed by atoms with E-state index in [1.165, 1.54) is 11.5 Å². The molecule has 0 unspecified atom stereocenters. The first-order valence-corrected chi connectivity index (χ1v) is 7.45. The maximum atomic E-state index is 13.1.